The van der Waals surface area contributed by atoms with Crippen LogP contribution in [0.25, 0.3) is 0 Å². The highest BCUT2D eigenvalue weighted by Crippen LogP contribution is 2.73. The Labute approximate surface area is 142 Å². The summed E-state index contributed by atoms with van der Waals surface area (Å²) >= 11 is 5.52. The topological polar surface area (TPSA) is 47.9 Å². The van der Waals surface area contributed by atoms with Gasteiger partial charge in [0.2, 0.25) is 0 Å². The predicted molar refractivity (Wildman–Crippen MR) is 94.6 cm³/mol. The molecule has 0 spiro atoms. The third-order valence-electron chi connectivity index (χ3n) is 6.07. The van der Waals surface area contributed by atoms with Crippen LogP contribution in [-0.2, 0) is 6.54 Å². The minimum Gasteiger partial charge on any atom is -0.368 e. The van der Waals surface area contributed by atoms with Crippen LogP contribution < -0.4 is 5.32 Å². The molecule has 4 rings (SSSR count). The molecule has 2 N–H and O–H groups in total. The molecule has 122 valence electrons. The monoisotopic (exact) mass is 329 g/mol. The van der Waals surface area contributed by atoms with Crippen molar-refractivity contribution in [3.63, 3.8) is 0 Å². The zero-order chi connectivity index (χ0) is 16.4. The molecule has 23 heavy (non-hydrogen) atoms. The second-order valence-corrected chi connectivity index (χ2v) is 8.10. The first kappa shape index (κ1) is 15.1. The Bertz CT molecular complexity index is 687. The van der Waals surface area contributed by atoms with E-state index in [1.165, 1.54) is 0 Å². The predicted octanol–water partition coefficient (Wildman–Crippen LogP) is 2.73. The van der Waals surface area contributed by atoms with Gasteiger partial charge in [0.1, 0.15) is 0 Å². The van der Waals surface area contributed by atoms with E-state index in [1.807, 2.05) is 25.1 Å². The van der Waals surface area contributed by atoms with E-state index in [4.69, 9.17) is 12.2 Å². The lowest BCUT2D eigenvalue weighted by molar-refractivity contribution is -0.0860. The lowest BCUT2D eigenvalue weighted by atomic mass is 9.84. The van der Waals surface area contributed by atoms with Crippen LogP contribution in [0.4, 0.5) is 0 Å². The number of fused-ring (bicyclic) bond motifs is 3. The van der Waals surface area contributed by atoms with Crippen LogP contribution in [0.1, 0.15) is 32.8 Å². The summed E-state index contributed by atoms with van der Waals surface area (Å²) in [5.74, 6) is 1.21. The Balaban J connectivity index is 1.49. The van der Waals surface area contributed by atoms with E-state index in [9.17, 15) is 5.11 Å². The van der Waals surface area contributed by atoms with Gasteiger partial charge in [-0.1, -0.05) is 44.2 Å². The van der Waals surface area contributed by atoms with Crippen molar-refractivity contribution in [3.05, 3.63) is 35.9 Å². The summed E-state index contributed by atoms with van der Waals surface area (Å²) in [6.45, 7) is 7.25. The summed E-state index contributed by atoms with van der Waals surface area (Å²) in [6, 6.07) is 10.1. The molecular formula is C18H23N3OS. The number of benzene rings is 1. The van der Waals surface area contributed by atoms with Gasteiger partial charge >= 0.3 is 0 Å². The van der Waals surface area contributed by atoms with Gasteiger partial charge in [0.15, 0.2) is 10.8 Å². The van der Waals surface area contributed by atoms with Crippen molar-refractivity contribution in [2.24, 2.45) is 28.3 Å². The number of hydrazone groups is 1. The number of nitrogens with one attached hydrogen (secondary N) is 1. The summed E-state index contributed by atoms with van der Waals surface area (Å²) in [5, 5.41) is 21.3. The number of nitrogens with zero attached hydrogens (tertiary/aromatic N) is 2. The first-order valence-corrected chi connectivity index (χ1v) is 8.66. The highest BCUT2D eigenvalue weighted by molar-refractivity contribution is 7.80. The second kappa shape index (κ2) is 4.77. The smallest absolute Gasteiger partial charge is 0.192 e. The Morgan fingerprint density at radius 2 is 2.09 bits per heavy atom. The van der Waals surface area contributed by atoms with Crippen LogP contribution in [0.15, 0.2) is 35.4 Å². The van der Waals surface area contributed by atoms with Crippen molar-refractivity contribution in [2.45, 2.75) is 39.5 Å². The van der Waals surface area contributed by atoms with Crippen LogP contribution >= 0.6 is 12.2 Å². The minimum atomic E-state index is -0.935. The molecule has 2 fully saturated rings. The molecule has 1 aliphatic heterocycles. The van der Waals surface area contributed by atoms with Crippen molar-refractivity contribution in [2.75, 3.05) is 0 Å². The van der Waals surface area contributed by atoms with Gasteiger partial charge in [0, 0.05) is 18.7 Å². The minimum absolute atomic E-state index is 0.110. The molecule has 1 aromatic rings. The molecule has 0 saturated heterocycles. The van der Waals surface area contributed by atoms with Gasteiger partial charge in [0.05, 0.1) is 5.92 Å². The second-order valence-electron chi connectivity index (χ2n) is 7.71. The quantitative estimate of drug-likeness (QED) is 0.819. The van der Waals surface area contributed by atoms with Gasteiger partial charge in [-0.15, -0.1) is 0 Å². The maximum Gasteiger partial charge on any atom is 0.192 e. The van der Waals surface area contributed by atoms with E-state index in [0.29, 0.717) is 28.9 Å². The number of rotatable bonds is 2. The van der Waals surface area contributed by atoms with Crippen LogP contribution in [0.3, 0.4) is 0 Å². The Morgan fingerprint density at radius 1 is 1.39 bits per heavy atom. The van der Waals surface area contributed by atoms with Crippen LogP contribution in [0.5, 0.6) is 0 Å². The number of thiocarbonyl (C=S) groups is 1. The standard InChI is InChI=1S/C18H23N3OS/c1-11-14-15-13(17(15,2)3)9-18(14,22)21(20-11)16(23)19-10-12-7-5-4-6-8-12/h4-8,13-15,22H,9-10H2,1-3H3,(H,19,23)/t13-,14-,15-,18+/m1/s1. The van der Waals surface area contributed by atoms with E-state index in [2.05, 4.69) is 36.4 Å². The van der Waals surface area contributed by atoms with Gasteiger partial charge in [0.25, 0.3) is 0 Å². The van der Waals surface area contributed by atoms with Gasteiger partial charge in [-0.3, -0.25) is 0 Å². The molecule has 1 heterocycles. The molecule has 0 unspecified atom stereocenters. The van der Waals surface area contributed by atoms with Crippen molar-refractivity contribution in [1.29, 1.82) is 0 Å². The fraction of sp³-hybridized carbons (Fsp3) is 0.556. The van der Waals surface area contributed by atoms with E-state index in [1.54, 1.807) is 5.01 Å². The molecule has 2 saturated carbocycles. The Hall–Kier alpha value is -1.46. The maximum atomic E-state index is 11.2. The van der Waals surface area contributed by atoms with E-state index in [-0.39, 0.29) is 5.92 Å². The van der Waals surface area contributed by atoms with Gasteiger partial charge < -0.3 is 10.4 Å². The van der Waals surface area contributed by atoms with Gasteiger partial charge in [-0.2, -0.15) is 5.10 Å². The molecule has 5 heteroatoms. The van der Waals surface area contributed by atoms with Gasteiger partial charge in [-0.25, -0.2) is 5.01 Å². The number of aliphatic hydroxyl groups is 1. The average Bonchev–Trinajstić information content (AvgIpc) is 2.83. The molecule has 3 aliphatic rings. The molecule has 2 aliphatic carbocycles. The van der Waals surface area contributed by atoms with Crippen molar-refractivity contribution in [3.8, 4) is 0 Å². The first-order chi connectivity index (χ1) is 10.9. The zero-order valence-corrected chi connectivity index (χ0v) is 14.6. The maximum absolute atomic E-state index is 11.2. The summed E-state index contributed by atoms with van der Waals surface area (Å²) < 4.78 is 0. The van der Waals surface area contributed by atoms with Crippen LogP contribution in [0.2, 0.25) is 0 Å². The average molecular weight is 329 g/mol. The van der Waals surface area contributed by atoms with Crippen LogP contribution in [0, 0.1) is 23.2 Å². The summed E-state index contributed by atoms with van der Waals surface area (Å²) in [7, 11) is 0. The third kappa shape index (κ3) is 2.06. The third-order valence-corrected chi connectivity index (χ3v) is 6.39. The summed E-state index contributed by atoms with van der Waals surface area (Å²) in [4.78, 5) is 0. The fourth-order valence-electron chi connectivity index (χ4n) is 4.77. The Kier molecular flexibility index (Phi) is 3.13. The molecule has 0 radical (unpaired) electrons. The lowest BCUT2D eigenvalue weighted by Gasteiger charge is -2.36. The molecular weight excluding hydrogens is 306 g/mol. The van der Waals surface area contributed by atoms with Gasteiger partial charge in [-0.05, 0) is 42.0 Å². The molecule has 0 bridgehead atoms. The van der Waals surface area contributed by atoms with E-state index < -0.39 is 5.72 Å². The molecule has 0 amide bonds. The Morgan fingerprint density at radius 3 is 2.78 bits per heavy atom. The fourth-order valence-corrected chi connectivity index (χ4v) is 5.04. The normalized spacial score (nSPS) is 36.3. The molecule has 1 aromatic carbocycles. The van der Waals surface area contributed by atoms with Crippen molar-refractivity contribution >= 4 is 23.0 Å². The summed E-state index contributed by atoms with van der Waals surface area (Å²) in [5.41, 5.74) is 1.56. The zero-order valence-electron chi connectivity index (χ0n) is 13.8. The number of hydrogen-bond acceptors (Lipinski definition) is 3. The van der Waals surface area contributed by atoms with Crippen LogP contribution in [-0.4, -0.2) is 26.7 Å². The SMILES string of the molecule is CC1=NN(C(=S)NCc2ccccc2)[C@]2(O)C[C@@H]3[C@H]([C@@H]12)C3(C)C. The summed E-state index contributed by atoms with van der Waals surface area (Å²) in [6.07, 6.45) is 0.753. The largest absolute Gasteiger partial charge is 0.368 e. The molecule has 4 atom stereocenters. The number of hydrogen-bond donors (Lipinski definition) is 2. The van der Waals surface area contributed by atoms with E-state index in [0.717, 1.165) is 17.7 Å². The van der Waals surface area contributed by atoms with Crippen molar-refractivity contribution < 1.29 is 5.11 Å². The van der Waals surface area contributed by atoms with E-state index >= 15 is 0 Å². The van der Waals surface area contributed by atoms with Crippen molar-refractivity contribution in [1.82, 2.24) is 10.3 Å². The molecule has 0 aromatic heterocycles. The molecule has 4 nitrogen and oxygen atoms in total. The first-order valence-electron chi connectivity index (χ1n) is 8.25. The lowest BCUT2D eigenvalue weighted by Crippen LogP contribution is -2.53. The highest BCUT2D eigenvalue weighted by atomic mass is 32.1. The highest BCUT2D eigenvalue weighted by Gasteiger charge is 2.75.